The molecule has 150 valence electrons. The van der Waals surface area contributed by atoms with Gasteiger partial charge in [0.15, 0.2) is 0 Å². The Morgan fingerprint density at radius 2 is 1.71 bits per heavy atom. The highest BCUT2D eigenvalue weighted by Gasteiger charge is 2.32. The number of halogens is 2. The summed E-state index contributed by atoms with van der Waals surface area (Å²) in [5, 5.41) is 3.04. The third-order valence-electron chi connectivity index (χ3n) is 3.88. The lowest BCUT2D eigenvalue weighted by Crippen LogP contribution is -2.47. The molecule has 0 bridgehead atoms. The number of amides is 2. The molecule has 2 amide bonds. The van der Waals surface area contributed by atoms with Crippen LogP contribution in [0, 0.1) is 0 Å². The van der Waals surface area contributed by atoms with Crippen LogP contribution in [0.25, 0.3) is 0 Å². The number of nitrogens with two attached hydrogens (primary N) is 1. The molecule has 0 saturated carbocycles. The number of carbonyl (C=O) groups excluding carboxylic acids is 2. The van der Waals surface area contributed by atoms with Crippen LogP contribution >= 0.6 is 23.2 Å². The highest BCUT2D eigenvalue weighted by Crippen LogP contribution is 2.30. The normalized spacial score (nSPS) is 12.3. The SMILES string of the molecule is CCC(C(=O)Nc1ccccc1C(N)=O)N(c1cc(Cl)cc(Cl)c1)S(C)(=O)=O. The van der Waals surface area contributed by atoms with Gasteiger partial charge in [-0.05, 0) is 36.8 Å². The fraction of sp³-hybridized carbons (Fsp3) is 0.222. The average Bonchev–Trinajstić information content (AvgIpc) is 2.57. The second kappa shape index (κ2) is 8.81. The van der Waals surface area contributed by atoms with E-state index in [2.05, 4.69) is 5.32 Å². The number of primary amides is 1. The number of anilines is 2. The van der Waals surface area contributed by atoms with Crippen LogP contribution in [0.3, 0.4) is 0 Å². The van der Waals surface area contributed by atoms with Gasteiger partial charge in [-0.3, -0.25) is 13.9 Å². The summed E-state index contributed by atoms with van der Waals surface area (Å²) in [4.78, 5) is 24.5. The van der Waals surface area contributed by atoms with Gasteiger partial charge in [0.25, 0.3) is 5.91 Å². The van der Waals surface area contributed by atoms with Crippen LogP contribution in [0.1, 0.15) is 23.7 Å². The zero-order valence-corrected chi connectivity index (χ0v) is 17.5. The second-order valence-electron chi connectivity index (χ2n) is 6.01. The highest BCUT2D eigenvalue weighted by atomic mass is 35.5. The van der Waals surface area contributed by atoms with Crippen molar-refractivity contribution in [2.75, 3.05) is 15.9 Å². The third kappa shape index (κ3) is 5.15. The van der Waals surface area contributed by atoms with E-state index in [9.17, 15) is 18.0 Å². The van der Waals surface area contributed by atoms with Crippen molar-refractivity contribution in [3.8, 4) is 0 Å². The fourth-order valence-electron chi connectivity index (χ4n) is 2.75. The molecule has 0 saturated heterocycles. The first-order valence-electron chi connectivity index (χ1n) is 8.19. The topological polar surface area (TPSA) is 110 Å². The van der Waals surface area contributed by atoms with Gasteiger partial charge in [0.1, 0.15) is 6.04 Å². The average molecular weight is 444 g/mol. The smallest absolute Gasteiger partial charge is 0.250 e. The minimum atomic E-state index is -3.86. The number of sulfonamides is 1. The van der Waals surface area contributed by atoms with Crippen molar-refractivity contribution in [1.29, 1.82) is 0 Å². The third-order valence-corrected chi connectivity index (χ3v) is 5.50. The van der Waals surface area contributed by atoms with Crippen molar-refractivity contribution in [1.82, 2.24) is 0 Å². The fourth-order valence-corrected chi connectivity index (χ4v) is 4.46. The molecule has 0 aliphatic heterocycles. The molecule has 0 fully saturated rings. The molecule has 2 aromatic carbocycles. The van der Waals surface area contributed by atoms with Crippen LogP contribution in [0.5, 0.6) is 0 Å². The van der Waals surface area contributed by atoms with Crippen molar-refractivity contribution in [2.24, 2.45) is 5.73 Å². The molecule has 28 heavy (non-hydrogen) atoms. The molecule has 0 aliphatic rings. The van der Waals surface area contributed by atoms with E-state index < -0.39 is 27.9 Å². The maximum absolute atomic E-state index is 12.9. The van der Waals surface area contributed by atoms with E-state index in [1.807, 2.05) is 0 Å². The summed E-state index contributed by atoms with van der Waals surface area (Å²) in [6.45, 7) is 1.66. The van der Waals surface area contributed by atoms with Gasteiger partial charge in [-0.15, -0.1) is 0 Å². The summed E-state index contributed by atoms with van der Waals surface area (Å²) >= 11 is 12.0. The minimum absolute atomic E-state index is 0.113. The molecule has 1 atom stereocenters. The zero-order chi connectivity index (χ0) is 21.1. The quantitative estimate of drug-likeness (QED) is 0.683. The van der Waals surface area contributed by atoms with Gasteiger partial charge < -0.3 is 11.1 Å². The molecule has 0 heterocycles. The van der Waals surface area contributed by atoms with Gasteiger partial charge in [-0.1, -0.05) is 42.3 Å². The first-order chi connectivity index (χ1) is 13.0. The Balaban J connectivity index is 2.47. The van der Waals surface area contributed by atoms with Gasteiger partial charge in [-0.25, -0.2) is 8.42 Å². The summed E-state index contributed by atoms with van der Waals surface area (Å²) in [5.41, 5.74) is 5.79. The molecule has 1 unspecified atom stereocenters. The number of hydrogen-bond donors (Lipinski definition) is 2. The van der Waals surface area contributed by atoms with Crippen LogP contribution in [-0.2, 0) is 14.8 Å². The van der Waals surface area contributed by atoms with Gasteiger partial charge in [0, 0.05) is 10.0 Å². The summed E-state index contributed by atoms with van der Waals surface area (Å²) in [7, 11) is -3.86. The molecule has 10 heteroatoms. The largest absolute Gasteiger partial charge is 0.366 e. The number of nitrogens with zero attached hydrogens (tertiary/aromatic N) is 1. The van der Waals surface area contributed by atoms with E-state index in [4.69, 9.17) is 28.9 Å². The second-order valence-corrected chi connectivity index (χ2v) is 8.74. The lowest BCUT2D eigenvalue weighted by atomic mass is 10.1. The zero-order valence-electron chi connectivity index (χ0n) is 15.1. The van der Waals surface area contributed by atoms with Crippen molar-refractivity contribution < 1.29 is 18.0 Å². The molecule has 0 aliphatic carbocycles. The van der Waals surface area contributed by atoms with E-state index in [0.29, 0.717) is 0 Å². The molecule has 7 nitrogen and oxygen atoms in total. The maximum Gasteiger partial charge on any atom is 0.250 e. The Morgan fingerprint density at radius 1 is 1.14 bits per heavy atom. The summed E-state index contributed by atoms with van der Waals surface area (Å²) in [6.07, 6.45) is 1.14. The number of rotatable bonds is 7. The van der Waals surface area contributed by atoms with Crippen molar-refractivity contribution in [2.45, 2.75) is 19.4 Å². The maximum atomic E-state index is 12.9. The van der Waals surface area contributed by atoms with E-state index in [-0.39, 0.29) is 33.4 Å². The number of benzene rings is 2. The van der Waals surface area contributed by atoms with Crippen LogP contribution in [-0.4, -0.2) is 32.5 Å². The van der Waals surface area contributed by atoms with E-state index in [0.717, 1.165) is 10.6 Å². The molecule has 0 aromatic heterocycles. The molecule has 2 aromatic rings. The molecular formula is C18H19Cl2N3O4S. The van der Waals surface area contributed by atoms with Crippen molar-refractivity contribution >= 4 is 56.4 Å². The Kier molecular flexibility index (Phi) is 6.92. The van der Waals surface area contributed by atoms with Crippen LogP contribution < -0.4 is 15.4 Å². The molecule has 0 spiro atoms. The highest BCUT2D eigenvalue weighted by molar-refractivity contribution is 7.92. The number of carbonyl (C=O) groups is 2. The predicted octanol–water partition coefficient (Wildman–Crippen LogP) is 3.28. The van der Waals surface area contributed by atoms with Gasteiger partial charge in [-0.2, -0.15) is 0 Å². The van der Waals surface area contributed by atoms with Crippen molar-refractivity contribution in [3.63, 3.8) is 0 Å². The summed E-state index contributed by atoms with van der Waals surface area (Å²) in [6, 6.07) is 9.35. The Labute approximate surface area is 173 Å². The monoisotopic (exact) mass is 443 g/mol. The van der Waals surface area contributed by atoms with E-state index >= 15 is 0 Å². The number of hydrogen-bond acceptors (Lipinski definition) is 4. The first-order valence-corrected chi connectivity index (χ1v) is 10.8. The van der Waals surface area contributed by atoms with E-state index in [1.54, 1.807) is 19.1 Å². The summed E-state index contributed by atoms with van der Waals surface area (Å²) in [5.74, 6) is -1.34. The predicted molar refractivity (Wildman–Crippen MR) is 111 cm³/mol. The minimum Gasteiger partial charge on any atom is -0.366 e. The molecule has 0 radical (unpaired) electrons. The number of para-hydroxylation sites is 1. The van der Waals surface area contributed by atoms with Gasteiger partial charge in [0.2, 0.25) is 15.9 Å². The van der Waals surface area contributed by atoms with E-state index in [1.165, 1.54) is 30.3 Å². The van der Waals surface area contributed by atoms with Crippen LogP contribution in [0.2, 0.25) is 10.0 Å². The Bertz CT molecular complexity index is 991. The van der Waals surface area contributed by atoms with Gasteiger partial charge in [0.05, 0.1) is 23.2 Å². The standard InChI is InChI=1S/C18H19Cl2N3O4S/c1-3-16(18(25)22-15-7-5-4-6-14(15)17(21)24)23(28(2,26)27)13-9-11(19)8-12(20)10-13/h4-10,16H,3H2,1-2H3,(H2,21,24)(H,22,25). The lowest BCUT2D eigenvalue weighted by Gasteiger charge is -2.30. The summed E-state index contributed by atoms with van der Waals surface area (Å²) < 4.78 is 25.9. The van der Waals surface area contributed by atoms with Crippen molar-refractivity contribution in [3.05, 3.63) is 58.1 Å². The molecule has 3 N–H and O–H groups in total. The Morgan fingerprint density at radius 3 is 2.21 bits per heavy atom. The first kappa shape index (κ1) is 22.0. The van der Waals surface area contributed by atoms with Crippen LogP contribution in [0.15, 0.2) is 42.5 Å². The molecule has 2 rings (SSSR count). The van der Waals surface area contributed by atoms with Gasteiger partial charge >= 0.3 is 0 Å². The molecular weight excluding hydrogens is 425 g/mol. The number of nitrogens with one attached hydrogen (secondary N) is 1. The lowest BCUT2D eigenvalue weighted by molar-refractivity contribution is -0.117. The Hall–Kier alpha value is -2.29. The van der Waals surface area contributed by atoms with Crippen LogP contribution in [0.4, 0.5) is 11.4 Å².